The van der Waals surface area contributed by atoms with Gasteiger partial charge in [-0.3, -0.25) is 4.79 Å². The van der Waals surface area contributed by atoms with E-state index in [9.17, 15) is 9.90 Å². The minimum absolute atomic E-state index is 0.0271. The highest BCUT2D eigenvalue weighted by molar-refractivity contribution is 5.80. The Labute approximate surface area is 150 Å². The fourth-order valence-electron chi connectivity index (χ4n) is 3.14. The zero-order valence-electron chi connectivity index (χ0n) is 16.0. The molecule has 0 fully saturated rings. The summed E-state index contributed by atoms with van der Waals surface area (Å²) in [6, 6.07) is 5.78. The Hall–Kier alpha value is -1.79. The van der Waals surface area contributed by atoms with Crippen molar-refractivity contribution < 1.29 is 14.6 Å². The predicted octanol–water partition coefficient (Wildman–Crippen LogP) is 1.12. The molecule has 0 saturated heterocycles. The van der Waals surface area contributed by atoms with E-state index in [1.54, 1.807) is 4.90 Å². The summed E-state index contributed by atoms with van der Waals surface area (Å²) in [6.07, 6.45) is 0.230. The number of carbonyl (C=O) groups excluding carboxylic acids is 1. The standard InChI is InChI=1S/C19H31N3O3/c1-13-11-22(14(2)12-23)19(24)9-15-8-16(21(4)5)6-7-17(15)25-18(13)10-20-3/h6-8,13-14,18,20,23H,9-12H2,1-5H3/t13-,14+,18-/m0/s1. The summed E-state index contributed by atoms with van der Waals surface area (Å²) in [7, 11) is 5.86. The van der Waals surface area contributed by atoms with E-state index in [2.05, 4.69) is 12.2 Å². The number of likely N-dealkylation sites (N-methyl/N-ethyl adjacent to an activating group) is 1. The van der Waals surface area contributed by atoms with E-state index in [0.29, 0.717) is 13.1 Å². The number of rotatable bonds is 5. The fourth-order valence-corrected chi connectivity index (χ4v) is 3.14. The third-order valence-electron chi connectivity index (χ3n) is 4.82. The Bertz CT molecular complexity index is 591. The van der Waals surface area contributed by atoms with Crippen molar-refractivity contribution >= 4 is 11.6 Å². The number of fused-ring (bicyclic) bond motifs is 1. The van der Waals surface area contributed by atoms with Gasteiger partial charge in [0.25, 0.3) is 0 Å². The number of aliphatic hydroxyl groups is 1. The average molecular weight is 349 g/mol. The molecule has 0 aliphatic carbocycles. The Morgan fingerprint density at radius 3 is 2.76 bits per heavy atom. The normalized spacial score (nSPS) is 22.3. The molecule has 0 radical (unpaired) electrons. The van der Waals surface area contributed by atoms with Crippen LogP contribution in [0.25, 0.3) is 0 Å². The van der Waals surface area contributed by atoms with E-state index in [4.69, 9.17) is 4.74 Å². The second-order valence-corrected chi connectivity index (χ2v) is 7.13. The van der Waals surface area contributed by atoms with Crippen LogP contribution in [-0.2, 0) is 11.2 Å². The molecular formula is C19H31N3O3. The topological polar surface area (TPSA) is 65.0 Å². The lowest BCUT2D eigenvalue weighted by Crippen LogP contribution is -2.47. The van der Waals surface area contributed by atoms with Crippen LogP contribution in [0, 0.1) is 5.92 Å². The van der Waals surface area contributed by atoms with Crippen molar-refractivity contribution in [3.05, 3.63) is 23.8 Å². The molecular weight excluding hydrogens is 318 g/mol. The number of hydrogen-bond acceptors (Lipinski definition) is 5. The molecule has 1 aromatic carbocycles. The highest BCUT2D eigenvalue weighted by Crippen LogP contribution is 2.29. The lowest BCUT2D eigenvalue weighted by molar-refractivity contribution is -0.134. The summed E-state index contributed by atoms with van der Waals surface area (Å²) in [6.45, 7) is 5.20. The molecule has 25 heavy (non-hydrogen) atoms. The van der Waals surface area contributed by atoms with Gasteiger partial charge in [-0.05, 0) is 32.2 Å². The summed E-state index contributed by atoms with van der Waals surface area (Å²) in [5, 5.41) is 12.7. The number of benzene rings is 1. The number of anilines is 1. The molecule has 6 nitrogen and oxygen atoms in total. The third kappa shape index (κ3) is 4.64. The zero-order chi connectivity index (χ0) is 18.6. The van der Waals surface area contributed by atoms with Gasteiger partial charge in [-0.2, -0.15) is 0 Å². The molecule has 3 atom stereocenters. The minimum atomic E-state index is -0.205. The SMILES string of the molecule is CNC[C@@H]1Oc2ccc(N(C)C)cc2CC(=O)N([C@H](C)CO)C[C@@H]1C. The first-order valence-electron chi connectivity index (χ1n) is 8.89. The zero-order valence-corrected chi connectivity index (χ0v) is 16.0. The second-order valence-electron chi connectivity index (χ2n) is 7.13. The summed E-state index contributed by atoms with van der Waals surface area (Å²) < 4.78 is 6.29. The van der Waals surface area contributed by atoms with Crippen molar-refractivity contribution in [3.8, 4) is 5.75 Å². The van der Waals surface area contributed by atoms with Crippen LogP contribution in [0.3, 0.4) is 0 Å². The van der Waals surface area contributed by atoms with Crippen LogP contribution in [0.1, 0.15) is 19.4 Å². The summed E-state index contributed by atoms with van der Waals surface area (Å²) in [5.74, 6) is 0.939. The number of nitrogens with zero attached hydrogens (tertiary/aromatic N) is 2. The van der Waals surface area contributed by atoms with Crippen molar-refractivity contribution in [1.29, 1.82) is 0 Å². The highest BCUT2D eigenvalue weighted by atomic mass is 16.5. The van der Waals surface area contributed by atoms with Crippen molar-refractivity contribution in [1.82, 2.24) is 10.2 Å². The first kappa shape index (κ1) is 19.5. The summed E-state index contributed by atoms with van der Waals surface area (Å²) in [5.41, 5.74) is 1.93. The van der Waals surface area contributed by atoms with Gasteiger partial charge in [0.1, 0.15) is 11.9 Å². The van der Waals surface area contributed by atoms with Crippen LogP contribution in [0.2, 0.25) is 0 Å². The lowest BCUT2D eigenvalue weighted by Gasteiger charge is -2.32. The molecule has 1 aromatic rings. The van der Waals surface area contributed by atoms with Crippen LogP contribution in [0.15, 0.2) is 18.2 Å². The summed E-state index contributed by atoms with van der Waals surface area (Å²) in [4.78, 5) is 16.7. The van der Waals surface area contributed by atoms with Gasteiger partial charge in [0.15, 0.2) is 0 Å². The Morgan fingerprint density at radius 2 is 2.16 bits per heavy atom. The van der Waals surface area contributed by atoms with Gasteiger partial charge in [-0.25, -0.2) is 0 Å². The molecule has 140 valence electrons. The molecule has 0 spiro atoms. The number of aliphatic hydroxyl groups excluding tert-OH is 1. The Balaban J connectivity index is 2.44. The molecule has 1 amide bonds. The van der Waals surface area contributed by atoms with E-state index < -0.39 is 0 Å². The number of nitrogens with one attached hydrogen (secondary N) is 1. The first-order valence-corrected chi connectivity index (χ1v) is 8.89. The first-order chi connectivity index (χ1) is 11.9. The van der Waals surface area contributed by atoms with Crippen LogP contribution in [0.5, 0.6) is 5.75 Å². The van der Waals surface area contributed by atoms with Crippen LogP contribution in [-0.4, -0.2) is 68.9 Å². The molecule has 2 N–H and O–H groups in total. The average Bonchev–Trinajstić information content (AvgIpc) is 2.63. The van der Waals surface area contributed by atoms with Gasteiger partial charge in [-0.1, -0.05) is 6.92 Å². The molecule has 0 saturated carbocycles. The maximum Gasteiger partial charge on any atom is 0.227 e. The van der Waals surface area contributed by atoms with Gasteiger partial charge < -0.3 is 25.0 Å². The number of amides is 1. The van der Waals surface area contributed by atoms with Gasteiger partial charge in [0, 0.05) is 44.4 Å². The van der Waals surface area contributed by atoms with Crippen LogP contribution in [0.4, 0.5) is 5.69 Å². The van der Waals surface area contributed by atoms with Gasteiger partial charge >= 0.3 is 0 Å². The highest BCUT2D eigenvalue weighted by Gasteiger charge is 2.30. The molecule has 0 bridgehead atoms. The fraction of sp³-hybridized carbons (Fsp3) is 0.632. The monoisotopic (exact) mass is 349 g/mol. The van der Waals surface area contributed by atoms with Gasteiger partial charge in [0.2, 0.25) is 5.91 Å². The largest absolute Gasteiger partial charge is 0.488 e. The lowest BCUT2D eigenvalue weighted by atomic mass is 10.0. The second kappa shape index (κ2) is 8.54. The van der Waals surface area contributed by atoms with Crippen LogP contribution < -0.4 is 15.0 Å². The Morgan fingerprint density at radius 1 is 1.44 bits per heavy atom. The molecule has 0 unspecified atom stereocenters. The van der Waals surface area contributed by atoms with Crippen molar-refractivity contribution in [3.63, 3.8) is 0 Å². The molecule has 1 aliphatic rings. The number of hydrogen-bond donors (Lipinski definition) is 2. The van der Waals surface area contributed by atoms with E-state index in [-0.39, 0.29) is 37.0 Å². The quantitative estimate of drug-likeness (QED) is 0.834. The van der Waals surface area contributed by atoms with E-state index >= 15 is 0 Å². The summed E-state index contributed by atoms with van der Waals surface area (Å²) >= 11 is 0. The number of ether oxygens (including phenoxy) is 1. The van der Waals surface area contributed by atoms with Crippen molar-refractivity contribution in [2.45, 2.75) is 32.4 Å². The predicted molar refractivity (Wildman–Crippen MR) is 100 cm³/mol. The van der Waals surface area contributed by atoms with Crippen molar-refractivity contribution in [2.24, 2.45) is 5.92 Å². The van der Waals surface area contributed by atoms with Gasteiger partial charge in [0.05, 0.1) is 19.1 Å². The molecule has 0 aromatic heterocycles. The minimum Gasteiger partial charge on any atom is -0.488 e. The Kier molecular flexibility index (Phi) is 6.67. The van der Waals surface area contributed by atoms with Crippen LogP contribution >= 0.6 is 0 Å². The van der Waals surface area contributed by atoms with E-state index in [1.165, 1.54) is 0 Å². The van der Waals surface area contributed by atoms with E-state index in [0.717, 1.165) is 17.0 Å². The van der Waals surface area contributed by atoms with Crippen molar-refractivity contribution in [2.75, 3.05) is 45.7 Å². The molecule has 1 aliphatic heterocycles. The molecule has 6 heteroatoms. The smallest absolute Gasteiger partial charge is 0.227 e. The maximum absolute atomic E-state index is 12.9. The molecule has 2 rings (SSSR count). The third-order valence-corrected chi connectivity index (χ3v) is 4.82. The van der Waals surface area contributed by atoms with E-state index in [1.807, 2.05) is 51.2 Å². The van der Waals surface area contributed by atoms with Gasteiger partial charge in [-0.15, -0.1) is 0 Å². The number of carbonyl (C=O) groups is 1. The maximum atomic E-state index is 12.9. The molecule has 1 heterocycles.